The van der Waals surface area contributed by atoms with Crippen LogP contribution in [-0.2, 0) is 4.79 Å². The number of carbonyl (C=O) groups excluding carboxylic acids is 1. The number of benzene rings is 2. The predicted molar refractivity (Wildman–Crippen MR) is 105 cm³/mol. The Morgan fingerprint density at radius 2 is 1.88 bits per heavy atom. The second kappa shape index (κ2) is 8.10. The third kappa shape index (κ3) is 4.08. The molecule has 0 bridgehead atoms. The zero-order valence-corrected chi connectivity index (χ0v) is 15.8. The van der Waals surface area contributed by atoms with Crippen LogP contribution in [0.2, 0.25) is 0 Å². The van der Waals surface area contributed by atoms with Crippen LogP contribution in [0.5, 0.6) is 5.75 Å². The van der Waals surface area contributed by atoms with Gasteiger partial charge in [-0.15, -0.1) is 10.2 Å². The first-order valence-electron chi connectivity index (χ1n) is 8.51. The van der Waals surface area contributed by atoms with Crippen molar-refractivity contribution in [3.63, 3.8) is 0 Å². The summed E-state index contributed by atoms with van der Waals surface area (Å²) in [5.74, 6) is 0.512. The van der Waals surface area contributed by atoms with Crippen LogP contribution in [-0.4, -0.2) is 22.2 Å². The molecule has 0 aliphatic heterocycles. The molecule has 1 atom stereocenters. The summed E-state index contributed by atoms with van der Waals surface area (Å²) in [5.41, 5.74) is 3.15. The van der Waals surface area contributed by atoms with Crippen molar-refractivity contribution >= 4 is 22.4 Å². The average molecular weight is 367 g/mol. The highest BCUT2D eigenvalue weighted by Crippen LogP contribution is 2.27. The lowest BCUT2D eigenvalue weighted by Gasteiger charge is -2.18. The van der Waals surface area contributed by atoms with Gasteiger partial charge in [0.15, 0.2) is 6.10 Å². The van der Waals surface area contributed by atoms with Crippen LogP contribution in [0.3, 0.4) is 0 Å². The molecule has 0 fully saturated rings. The van der Waals surface area contributed by atoms with Crippen molar-refractivity contribution in [2.24, 2.45) is 0 Å². The predicted octanol–water partition coefficient (Wildman–Crippen LogP) is 4.62. The largest absolute Gasteiger partial charge is 0.480 e. The molecular formula is C20H21N3O2S. The van der Waals surface area contributed by atoms with Gasteiger partial charge in [0.1, 0.15) is 10.8 Å². The monoisotopic (exact) mass is 367 g/mol. The van der Waals surface area contributed by atoms with Crippen molar-refractivity contribution in [2.75, 3.05) is 5.32 Å². The van der Waals surface area contributed by atoms with Gasteiger partial charge in [0, 0.05) is 5.56 Å². The molecule has 3 rings (SSSR count). The van der Waals surface area contributed by atoms with Gasteiger partial charge in [-0.3, -0.25) is 10.1 Å². The van der Waals surface area contributed by atoms with E-state index < -0.39 is 6.10 Å². The van der Waals surface area contributed by atoms with Crippen molar-refractivity contribution < 1.29 is 9.53 Å². The second-order valence-electron chi connectivity index (χ2n) is 5.98. The number of hydrogen-bond acceptors (Lipinski definition) is 5. The summed E-state index contributed by atoms with van der Waals surface area (Å²) in [4.78, 5) is 12.6. The molecule has 0 saturated carbocycles. The molecule has 5 nitrogen and oxygen atoms in total. The Hall–Kier alpha value is -2.73. The number of anilines is 1. The Balaban J connectivity index is 1.70. The molecule has 2 aromatic carbocycles. The van der Waals surface area contributed by atoms with E-state index in [0.717, 1.165) is 27.4 Å². The first-order chi connectivity index (χ1) is 12.6. The van der Waals surface area contributed by atoms with Crippen LogP contribution in [0.15, 0.2) is 48.5 Å². The summed E-state index contributed by atoms with van der Waals surface area (Å²) >= 11 is 1.34. The van der Waals surface area contributed by atoms with Crippen molar-refractivity contribution in [3.8, 4) is 16.3 Å². The van der Waals surface area contributed by atoms with E-state index in [-0.39, 0.29) is 5.91 Å². The zero-order valence-electron chi connectivity index (χ0n) is 15.0. The fraction of sp³-hybridized carbons (Fsp3) is 0.250. The van der Waals surface area contributed by atoms with Crippen LogP contribution in [0.1, 0.15) is 24.5 Å². The summed E-state index contributed by atoms with van der Waals surface area (Å²) in [6, 6.07) is 15.6. The minimum absolute atomic E-state index is 0.218. The number of aromatic nitrogens is 2. The number of amides is 1. The van der Waals surface area contributed by atoms with Gasteiger partial charge >= 0.3 is 0 Å². The first-order valence-corrected chi connectivity index (χ1v) is 9.32. The van der Waals surface area contributed by atoms with E-state index in [1.807, 2.05) is 69.3 Å². The van der Waals surface area contributed by atoms with E-state index in [4.69, 9.17) is 4.74 Å². The number of ether oxygens (including phenoxy) is 1. The van der Waals surface area contributed by atoms with Gasteiger partial charge in [-0.1, -0.05) is 60.7 Å². The Kier molecular flexibility index (Phi) is 5.63. The minimum atomic E-state index is -0.584. The molecular weight excluding hydrogens is 346 g/mol. The van der Waals surface area contributed by atoms with E-state index in [9.17, 15) is 4.79 Å². The van der Waals surface area contributed by atoms with Crippen LogP contribution >= 0.6 is 11.3 Å². The minimum Gasteiger partial charge on any atom is -0.480 e. The molecule has 1 aromatic heterocycles. The van der Waals surface area contributed by atoms with Crippen LogP contribution in [0, 0.1) is 13.8 Å². The van der Waals surface area contributed by atoms with Crippen LogP contribution < -0.4 is 10.1 Å². The highest BCUT2D eigenvalue weighted by atomic mass is 32.1. The van der Waals surface area contributed by atoms with Gasteiger partial charge < -0.3 is 4.74 Å². The quantitative estimate of drug-likeness (QED) is 0.690. The number of rotatable bonds is 6. The zero-order chi connectivity index (χ0) is 18.5. The molecule has 0 saturated heterocycles. The Morgan fingerprint density at radius 1 is 1.12 bits per heavy atom. The molecule has 0 unspecified atom stereocenters. The summed E-state index contributed by atoms with van der Waals surface area (Å²) < 4.78 is 5.95. The van der Waals surface area contributed by atoms with Crippen LogP contribution in [0.4, 0.5) is 5.13 Å². The summed E-state index contributed by atoms with van der Waals surface area (Å²) in [6.07, 6.45) is -0.0246. The van der Waals surface area contributed by atoms with Gasteiger partial charge in [0.2, 0.25) is 5.13 Å². The van der Waals surface area contributed by atoms with Gasteiger partial charge in [0.25, 0.3) is 5.91 Å². The molecule has 1 amide bonds. The summed E-state index contributed by atoms with van der Waals surface area (Å²) in [7, 11) is 0. The van der Waals surface area contributed by atoms with E-state index >= 15 is 0 Å². The number of aryl methyl sites for hydroxylation is 1. The molecule has 0 aliphatic rings. The molecule has 26 heavy (non-hydrogen) atoms. The van der Waals surface area contributed by atoms with Crippen molar-refractivity contribution in [1.29, 1.82) is 0 Å². The highest BCUT2D eigenvalue weighted by molar-refractivity contribution is 7.18. The SMILES string of the molecule is CC[C@@H](Oc1cccc(C)c1C)C(=O)Nc1nnc(-c2ccccc2)s1. The van der Waals surface area contributed by atoms with Gasteiger partial charge in [0.05, 0.1) is 0 Å². The number of carbonyl (C=O) groups is 1. The molecule has 1 heterocycles. The maximum Gasteiger partial charge on any atom is 0.267 e. The fourth-order valence-corrected chi connectivity index (χ4v) is 3.24. The maximum atomic E-state index is 12.6. The lowest BCUT2D eigenvalue weighted by molar-refractivity contribution is -0.122. The smallest absolute Gasteiger partial charge is 0.267 e. The number of nitrogens with zero attached hydrogens (tertiary/aromatic N) is 2. The lowest BCUT2D eigenvalue weighted by Crippen LogP contribution is -2.32. The highest BCUT2D eigenvalue weighted by Gasteiger charge is 2.21. The Labute approximate surface area is 157 Å². The third-order valence-electron chi connectivity index (χ3n) is 4.16. The summed E-state index contributed by atoms with van der Waals surface area (Å²) in [6.45, 7) is 5.94. The van der Waals surface area contributed by atoms with E-state index in [1.54, 1.807) is 0 Å². The molecule has 0 aliphatic carbocycles. The number of nitrogens with one attached hydrogen (secondary N) is 1. The lowest BCUT2D eigenvalue weighted by atomic mass is 10.1. The molecule has 0 radical (unpaired) electrons. The first kappa shape index (κ1) is 18.1. The van der Waals surface area contributed by atoms with Crippen molar-refractivity contribution in [1.82, 2.24) is 10.2 Å². The molecule has 134 valence electrons. The fourth-order valence-electron chi connectivity index (χ4n) is 2.48. The average Bonchev–Trinajstić information content (AvgIpc) is 3.12. The van der Waals surface area contributed by atoms with E-state index in [2.05, 4.69) is 15.5 Å². The maximum absolute atomic E-state index is 12.6. The van der Waals surface area contributed by atoms with Crippen molar-refractivity contribution in [2.45, 2.75) is 33.3 Å². The molecule has 1 N–H and O–H groups in total. The molecule has 6 heteroatoms. The molecule has 3 aromatic rings. The topological polar surface area (TPSA) is 64.1 Å². The van der Waals surface area contributed by atoms with Gasteiger partial charge in [-0.25, -0.2) is 0 Å². The van der Waals surface area contributed by atoms with Gasteiger partial charge in [-0.2, -0.15) is 0 Å². The third-order valence-corrected chi connectivity index (χ3v) is 5.05. The Bertz CT molecular complexity index is 893. The van der Waals surface area contributed by atoms with E-state index in [1.165, 1.54) is 11.3 Å². The Morgan fingerprint density at radius 3 is 2.62 bits per heavy atom. The van der Waals surface area contributed by atoms with Gasteiger partial charge in [-0.05, 0) is 37.5 Å². The summed E-state index contributed by atoms with van der Waals surface area (Å²) in [5, 5.41) is 12.3. The normalized spacial score (nSPS) is 11.8. The standard InChI is InChI=1S/C20H21N3O2S/c1-4-16(25-17-12-8-9-13(2)14(17)3)18(24)21-20-23-22-19(26-20)15-10-6-5-7-11-15/h5-12,16H,4H2,1-3H3,(H,21,23,24)/t16-/m1/s1. The second-order valence-corrected chi connectivity index (χ2v) is 6.96. The van der Waals surface area contributed by atoms with Crippen molar-refractivity contribution in [3.05, 3.63) is 59.7 Å². The number of hydrogen-bond donors (Lipinski definition) is 1. The molecule has 0 spiro atoms. The van der Waals surface area contributed by atoms with E-state index in [0.29, 0.717) is 11.6 Å². The van der Waals surface area contributed by atoms with Crippen LogP contribution in [0.25, 0.3) is 10.6 Å².